The number of amides is 1. The van der Waals surface area contributed by atoms with Crippen LogP contribution in [0.15, 0.2) is 12.2 Å². The molecule has 2 rings (SSSR count). The first-order valence-electron chi connectivity index (χ1n) is 7.35. The van der Waals surface area contributed by atoms with Crippen LogP contribution >= 0.6 is 0 Å². The van der Waals surface area contributed by atoms with E-state index in [1.807, 2.05) is 0 Å². The number of ether oxygens (including phenoxy) is 1. The molecule has 0 saturated carbocycles. The normalized spacial score (nSPS) is 25.3. The van der Waals surface area contributed by atoms with Gasteiger partial charge in [0.05, 0.1) is 13.2 Å². The van der Waals surface area contributed by atoms with E-state index in [1.165, 1.54) is 0 Å². The van der Waals surface area contributed by atoms with Crippen molar-refractivity contribution in [3.8, 4) is 0 Å². The largest absolute Gasteiger partial charge is 0.379 e. The van der Waals surface area contributed by atoms with E-state index >= 15 is 0 Å². The monoisotopic (exact) mass is 266 g/mol. The van der Waals surface area contributed by atoms with Crippen molar-refractivity contribution in [2.45, 2.75) is 38.6 Å². The first kappa shape index (κ1) is 14.5. The van der Waals surface area contributed by atoms with Gasteiger partial charge in [-0.05, 0) is 33.1 Å². The Morgan fingerprint density at radius 3 is 2.74 bits per heavy atom. The number of rotatable bonds is 4. The van der Waals surface area contributed by atoms with Gasteiger partial charge in [-0.3, -0.25) is 9.69 Å². The first-order chi connectivity index (χ1) is 9.09. The Kier molecular flexibility index (Phi) is 4.99. The predicted molar refractivity (Wildman–Crippen MR) is 76.0 cm³/mol. The van der Waals surface area contributed by atoms with Crippen LogP contribution in [-0.2, 0) is 9.53 Å². The van der Waals surface area contributed by atoms with Gasteiger partial charge in [-0.15, -0.1) is 0 Å². The van der Waals surface area contributed by atoms with Crippen LogP contribution in [0, 0.1) is 5.92 Å². The van der Waals surface area contributed by atoms with Crippen molar-refractivity contribution in [2.24, 2.45) is 5.92 Å². The van der Waals surface area contributed by atoms with Gasteiger partial charge in [0.25, 0.3) is 0 Å². The van der Waals surface area contributed by atoms with Crippen molar-refractivity contribution in [1.82, 2.24) is 10.2 Å². The van der Waals surface area contributed by atoms with Gasteiger partial charge < -0.3 is 10.1 Å². The molecule has 1 heterocycles. The molecule has 1 amide bonds. The number of nitrogens with one attached hydrogen (secondary N) is 1. The summed E-state index contributed by atoms with van der Waals surface area (Å²) in [6.07, 6.45) is 7.21. The molecule has 1 fully saturated rings. The average Bonchev–Trinajstić information content (AvgIpc) is 2.47. The third kappa shape index (κ3) is 4.05. The highest BCUT2D eigenvalue weighted by Crippen LogP contribution is 2.19. The molecule has 4 heteroatoms. The molecule has 0 bridgehead atoms. The number of hydrogen-bond acceptors (Lipinski definition) is 3. The molecule has 2 aliphatic rings. The number of carbonyl (C=O) groups is 1. The van der Waals surface area contributed by atoms with Crippen LogP contribution in [0.2, 0.25) is 0 Å². The summed E-state index contributed by atoms with van der Waals surface area (Å²) >= 11 is 0. The van der Waals surface area contributed by atoms with Crippen LogP contribution in [0.4, 0.5) is 0 Å². The quantitative estimate of drug-likeness (QED) is 0.785. The van der Waals surface area contributed by atoms with Crippen LogP contribution < -0.4 is 5.32 Å². The third-order valence-electron chi connectivity index (χ3n) is 4.20. The van der Waals surface area contributed by atoms with Crippen molar-refractivity contribution >= 4 is 5.91 Å². The van der Waals surface area contributed by atoms with E-state index in [4.69, 9.17) is 4.74 Å². The minimum absolute atomic E-state index is 0.00391. The molecule has 1 N–H and O–H groups in total. The van der Waals surface area contributed by atoms with E-state index in [1.54, 1.807) is 0 Å². The average molecular weight is 266 g/mol. The summed E-state index contributed by atoms with van der Waals surface area (Å²) in [5.41, 5.74) is 0.00391. The maximum absolute atomic E-state index is 12.1. The Hall–Kier alpha value is -0.870. The number of hydrogen-bond donors (Lipinski definition) is 1. The zero-order valence-electron chi connectivity index (χ0n) is 12.2. The van der Waals surface area contributed by atoms with E-state index in [2.05, 4.69) is 36.2 Å². The van der Waals surface area contributed by atoms with Crippen LogP contribution in [0.5, 0.6) is 0 Å². The standard InChI is InChI=1S/C15H26N2O2/c1-15(2,17-8-10-19-11-9-17)12-16-14(18)13-6-4-3-5-7-13/h3-4,13H,5-12H2,1-2H3,(H,16,18)/t13-/m1/s1. The van der Waals surface area contributed by atoms with Gasteiger partial charge in [0, 0.05) is 31.1 Å². The highest BCUT2D eigenvalue weighted by Gasteiger charge is 2.29. The fraction of sp³-hybridized carbons (Fsp3) is 0.800. The molecule has 4 nitrogen and oxygen atoms in total. The minimum atomic E-state index is 0.00391. The van der Waals surface area contributed by atoms with Crippen molar-refractivity contribution in [3.63, 3.8) is 0 Å². The second kappa shape index (κ2) is 6.53. The van der Waals surface area contributed by atoms with Gasteiger partial charge in [-0.1, -0.05) is 12.2 Å². The maximum atomic E-state index is 12.1. The summed E-state index contributed by atoms with van der Waals surface area (Å²) in [4.78, 5) is 14.5. The van der Waals surface area contributed by atoms with Crippen LogP contribution in [0.25, 0.3) is 0 Å². The second-order valence-electron chi connectivity index (χ2n) is 6.11. The summed E-state index contributed by atoms with van der Waals surface area (Å²) in [6.45, 7) is 8.60. The molecular weight excluding hydrogens is 240 g/mol. The molecule has 0 aromatic heterocycles. The molecular formula is C15H26N2O2. The predicted octanol–water partition coefficient (Wildman–Crippen LogP) is 1.57. The smallest absolute Gasteiger partial charge is 0.223 e. The number of nitrogens with zero attached hydrogens (tertiary/aromatic N) is 1. The van der Waals surface area contributed by atoms with E-state index in [0.29, 0.717) is 6.54 Å². The molecule has 108 valence electrons. The summed E-state index contributed by atoms with van der Waals surface area (Å²) < 4.78 is 5.38. The summed E-state index contributed by atoms with van der Waals surface area (Å²) in [5.74, 6) is 0.385. The fourth-order valence-corrected chi connectivity index (χ4v) is 2.76. The molecule has 0 unspecified atom stereocenters. The van der Waals surface area contributed by atoms with Gasteiger partial charge in [0.2, 0.25) is 5.91 Å². The van der Waals surface area contributed by atoms with Crippen molar-refractivity contribution in [2.75, 3.05) is 32.8 Å². The van der Waals surface area contributed by atoms with Gasteiger partial charge in [0.1, 0.15) is 0 Å². The highest BCUT2D eigenvalue weighted by atomic mass is 16.5. The lowest BCUT2D eigenvalue weighted by Crippen LogP contribution is -2.55. The van der Waals surface area contributed by atoms with Crippen LogP contribution in [0.3, 0.4) is 0 Å². The van der Waals surface area contributed by atoms with Gasteiger partial charge >= 0.3 is 0 Å². The summed E-state index contributed by atoms with van der Waals surface area (Å²) in [7, 11) is 0. The summed E-state index contributed by atoms with van der Waals surface area (Å²) in [6, 6.07) is 0. The molecule has 1 aliphatic heterocycles. The molecule has 0 radical (unpaired) electrons. The van der Waals surface area contributed by atoms with Crippen molar-refractivity contribution in [1.29, 1.82) is 0 Å². The highest BCUT2D eigenvalue weighted by molar-refractivity contribution is 5.79. The van der Waals surface area contributed by atoms with Crippen molar-refractivity contribution in [3.05, 3.63) is 12.2 Å². The third-order valence-corrected chi connectivity index (χ3v) is 4.20. The van der Waals surface area contributed by atoms with E-state index in [-0.39, 0.29) is 17.4 Å². The van der Waals surface area contributed by atoms with Gasteiger partial charge in [-0.25, -0.2) is 0 Å². The number of morpholine rings is 1. The first-order valence-corrected chi connectivity index (χ1v) is 7.35. The Balaban J connectivity index is 1.79. The molecule has 1 aliphatic carbocycles. The maximum Gasteiger partial charge on any atom is 0.223 e. The van der Waals surface area contributed by atoms with Crippen LogP contribution in [0.1, 0.15) is 33.1 Å². The lowest BCUT2D eigenvalue weighted by molar-refractivity contribution is -0.126. The molecule has 0 spiro atoms. The fourth-order valence-electron chi connectivity index (χ4n) is 2.76. The van der Waals surface area contributed by atoms with Gasteiger partial charge in [-0.2, -0.15) is 0 Å². The summed E-state index contributed by atoms with van der Waals surface area (Å²) in [5, 5.41) is 3.13. The number of carbonyl (C=O) groups excluding carboxylic acids is 1. The second-order valence-corrected chi connectivity index (χ2v) is 6.11. The molecule has 19 heavy (non-hydrogen) atoms. The van der Waals surface area contributed by atoms with Crippen LogP contribution in [-0.4, -0.2) is 49.2 Å². The molecule has 1 saturated heterocycles. The zero-order chi connectivity index (χ0) is 13.7. The lowest BCUT2D eigenvalue weighted by Gasteiger charge is -2.41. The Labute approximate surface area is 116 Å². The number of allylic oxidation sites excluding steroid dienone is 2. The Morgan fingerprint density at radius 1 is 1.37 bits per heavy atom. The zero-order valence-corrected chi connectivity index (χ0v) is 12.2. The van der Waals surface area contributed by atoms with E-state index in [0.717, 1.165) is 45.6 Å². The Bertz CT molecular complexity index is 333. The topological polar surface area (TPSA) is 41.6 Å². The van der Waals surface area contributed by atoms with Crippen molar-refractivity contribution < 1.29 is 9.53 Å². The van der Waals surface area contributed by atoms with E-state index in [9.17, 15) is 4.79 Å². The van der Waals surface area contributed by atoms with E-state index < -0.39 is 0 Å². The SMILES string of the molecule is CC(C)(CNC(=O)[C@@H]1CC=CCC1)N1CCOCC1. The van der Waals surface area contributed by atoms with Gasteiger partial charge in [0.15, 0.2) is 0 Å². The lowest BCUT2D eigenvalue weighted by atomic mass is 9.93. The Morgan fingerprint density at radius 2 is 2.11 bits per heavy atom. The minimum Gasteiger partial charge on any atom is -0.379 e. The molecule has 0 aromatic rings. The molecule has 1 atom stereocenters. The molecule has 0 aromatic carbocycles.